The fourth-order valence-corrected chi connectivity index (χ4v) is 2.73. The van der Waals surface area contributed by atoms with Crippen LogP contribution in [0.15, 0.2) is 21.1 Å². The number of methoxy groups -OCH3 is 2. The lowest BCUT2D eigenvalue weighted by Gasteiger charge is -2.14. The van der Waals surface area contributed by atoms with E-state index in [4.69, 9.17) is 19.1 Å². The Balaban J connectivity index is 2.67. The minimum absolute atomic E-state index is 0.173. The summed E-state index contributed by atoms with van der Waals surface area (Å²) in [6.07, 6.45) is 0. The van der Waals surface area contributed by atoms with Gasteiger partial charge in [0.15, 0.2) is 11.5 Å². The molecule has 0 fully saturated rings. The number of carboxylic acids is 1. The van der Waals surface area contributed by atoms with E-state index in [0.29, 0.717) is 21.5 Å². The summed E-state index contributed by atoms with van der Waals surface area (Å²) in [7, 11) is 3.07. The summed E-state index contributed by atoms with van der Waals surface area (Å²) in [6, 6.07) is 3.11. The first-order chi connectivity index (χ1) is 9.49. The standard InChI is InChI=1S/C13H12BrNO5/c1-6-4-8(18-2)10(11(14)12(6)19-3)9-5-7(13(16)17)15-20-9/h4-5H,1-3H3,(H,16,17). The molecule has 0 saturated carbocycles. The normalized spacial score (nSPS) is 10.4. The van der Waals surface area contributed by atoms with Crippen LogP contribution in [0, 0.1) is 6.92 Å². The van der Waals surface area contributed by atoms with Crippen LogP contribution in [0.25, 0.3) is 11.3 Å². The Labute approximate surface area is 123 Å². The molecule has 0 atom stereocenters. The summed E-state index contributed by atoms with van der Waals surface area (Å²) in [5.41, 5.74) is 1.25. The maximum absolute atomic E-state index is 10.9. The third-order valence-corrected chi connectivity index (χ3v) is 3.53. The van der Waals surface area contributed by atoms with E-state index in [1.807, 2.05) is 6.92 Å². The van der Waals surface area contributed by atoms with Crippen LogP contribution in [0.4, 0.5) is 0 Å². The van der Waals surface area contributed by atoms with Crippen LogP contribution >= 0.6 is 15.9 Å². The summed E-state index contributed by atoms with van der Waals surface area (Å²) in [6.45, 7) is 1.87. The monoisotopic (exact) mass is 341 g/mol. The molecule has 0 aliphatic carbocycles. The largest absolute Gasteiger partial charge is 0.496 e. The average molecular weight is 342 g/mol. The lowest BCUT2D eigenvalue weighted by Crippen LogP contribution is -1.96. The van der Waals surface area contributed by atoms with Crippen LogP contribution in [0.5, 0.6) is 11.5 Å². The van der Waals surface area contributed by atoms with Crippen molar-refractivity contribution in [3.8, 4) is 22.8 Å². The highest BCUT2D eigenvalue weighted by atomic mass is 79.9. The number of carboxylic acid groups (broad SMARTS) is 1. The Bertz CT molecular complexity index is 665. The van der Waals surface area contributed by atoms with Gasteiger partial charge in [0.25, 0.3) is 0 Å². The van der Waals surface area contributed by atoms with Gasteiger partial charge in [0.2, 0.25) is 0 Å². The number of benzene rings is 1. The van der Waals surface area contributed by atoms with Gasteiger partial charge in [0, 0.05) is 6.07 Å². The predicted molar refractivity (Wildman–Crippen MR) is 74.4 cm³/mol. The molecule has 7 heteroatoms. The molecule has 0 amide bonds. The van der Waals surface area contributed by atoms with Gasteiger partial charge in [-0.15, -0.1) is 0 Å². The summed E-state index contributed by atoms with van der Waals surface area (Å²) >= 11 is 3.43. The molecule has 106 valence electrons. The fourth-order valence-electron chi connectivity index (χ4n) is 1.86. The van der Waals surface area contributed by atoms with Gasteiger partial charge in [0.05, 0.1) is 24.3 Å². The molecule has 1 aromatic carbocycles. The Morgan fingerprint density at radius 2 is 2.05 bits per heavy atom. The number of carbonyl (C=O) groups is 1. The lowest BCUT2D eigenvalue weighted by atomic mass is 10.1. The molecule has 0 saturated heterocycles. The Kier molecular flexibility index (Phi) is 3.99. The highest BCUT2D eigenvalue weighted by molar-refractivity contribution is 9.10. The zero-order valence-electron chi connectivity index (χ0n) is 11.1. The summed E-state index contributed by atoms with van der Waals surface area (Å²) in [5, 5.41) is 12.4. The molecule has 0 radical (unpaired) electrons. The van der Waals surface area contributed by atoms with E-state index in [9.17, 15) is 4.79 Å². The van der Waals surface area contributed by atoms with Crippen molar-refractivity contribution in [3.05, 3.63) is 27.9 Å². The number of aryl methyl sites for hydroxylation is 1. The molecule has 2 aromatic rings. The zero-order valence-corrected chi connectivity index (χ0v) is 12.6. The number of nitrogens with zero attached hydrogens (tertiary/aromatic N) is 1. The van der Waals surface area contributed by atoms with E-state index in [1.54, 1.807) is 13.2 Å². The molecule has 6 nitrogen and oxygen atoms in total. The Morgan fingerprint density at radius 1 is 1.35 bits per heavy atom. The molecular weight excluding hydrogens is 330 g/mol. The highest BCUT2D eigenvalue weighted by Crippen LogP contribution is 2.44. The van der Waals surface area contributed by atoms with E-state index in [0.717, 1.165) is 5.56 Å². The number of rotatable bonds is 4. The van der Waals surface area contributed by atoms with E-state index < -0.39 is 5.97 Å². The van der Waals surface area contributed by atoms with Crippen molar-refractivity contribution in [2.24, 2.45) is 0 Å². The van der Waals surface area contributed by atoms with Gasteiger partial charge in [-0.05, 0) is 34.5 Å². The highest BCUT2D eigenvalue weighted by Gasteiger charge is 2.22. The van der Waals surface area contributed by atoms with Crippen LogP contribution in [0.2, 0.25) is 0 Å². The van der Waals surface area contributed by atoms with Crippen LogP contribution in [-0.2, 0) is 0 Å². The second kappa shape index (κ2) is 5.54. The first kappa shape index (κ1) is 14.4. The van der Waals surface area contributed by atoms with Gasteiger partial charge in [-0.3, -0.25) is 0 Å². The minimum Gasteiger partial charge on any atom is -0.496 e. The van der Waals surface area contributed by atoms with Crippen molar-refractivity contribution in [2.45, 2.75) is 6.92 Å². The van der Waals surface area contributed by atoms with Crippen molar-refractivity contribution in [1.82, 2.24) is 5.16 Å². The lowest BCUT2D eigenvalue weighted by molar-refractivity contribution is 0.0686. The molecule has 1 heterocycles. The van der Waals surface area contributed by atoms with Gasteiger partial charge in [0.1, 0.15) is 11.5 Å². The van der Waals surface area contributed by atoms with Crippen molar-refractivity contribution in [2.75, 3.05) is 14.2 Å². The molecule has 1 N–H and O–H groups in total. The summed E-state index contributed by atoms with van der Waals surface area (Å²) in [5.74, 6) is 0.274. The predicted octanol–water partition coefficient (Wildman–Crippen LogP) is 3.13. The maximum Gasteiger partial charge on any atom is 0.358 e. The quantitative estimate of drug-likeness (QED) is 0.919. The van der Waals surface area contributed by atoms with Crippen LogP contribution in [0.1, 0.15) is 16.1 Å². The zero-order chi connectivity index (χ0) is 14.9. The molecule has 1 aromatic heterocycles. The van der Waals surface area contributed by atoms with Crippen molar-refractivity contribution < 1.29 is 23.9 Å². The van der Waals surface area contributed by atoms with Crippen molar-refractivity contribution in [3.63, 3.8) is 0 Å². The number of hydrogen-bond acceptors (Lipinski definition) is 5. The topological polar surface area (TPSA) is 81.8 Å². The van der Waals surface area contributed by atoms with Crippen LogP contribution < -0.4 is 9.47 Å². The number of aromatic carboxylic acids is 1. The number of ether oxygens (including phenoxy) is 2. The summed E-state index contributed by atoms with van der Waals surface area (Å²) < 4.78 is 16.3. The van der Waals surface area contributed by atoms with Crippen LogP contribution in [0.3, 0.4) is 0 Å². The van der Waals surface area contributed by atoms with Gasteiger partial charge in [-0.1, -0.05) is 5.16 Å². The summed E-state index contributed by atoms with van der Waals surface area (Å²) in [4.78, 5) is 10.9. The Morgan fingerprint density at radius 3 is 2.55 bits per heavy atom. The van der Waals surface area contributed by atoms with Gasteiger partial charge < -0.3 is 19.1 Å². The third kappa shape index (κ3) is 2.36. The van der Waals surface area contributed by atoms with Crippen molar-refractivity contribution in [1.29, 1.82) is 0 Å². The van der Waals surface area contributed by atoms with Gasteiger partial charge >= 0.3 is 5.97 Å². The first-order valence-corrected chi connectivity index (χ1v) is 6.40. The SMILES string of the molecule is COc1cc(C)c(OC)c(Br)c1-c1cc(C(=O)O)no1. The molecule has 2 rings (SSSR count). The van der Waals surface area contributed by atoms with E-state index in [-0.39, 0.29) is 11.5 Å². The molecular formula is C13H12BrNO5. The number of hydrogen-bond donors (Lipinski definition) is 1. The second-order valence-corrected chi connectivity index (χ2v) is 4.79. The van der Waals surface area contributed by atoms with E-state index in [1.165, 1.54) is 13.2 Å². The van der Waals surface area contributed by atoms with E-state index in [2.05, 4.69) is 21.1 Å². The second-order valence-electron chi connectivity index (χ2n) is 4.00. The fraction of sp³-hybridized carbons (Fsp3) is 0.231. The van der Waals surface area contributed by atoms with E-state index >= 15 is 0 Å². The molecule has 0 bridgehead atoms. The first-order valence-electron chi connectivity index (χ1n) is 5.61. The van der Waals surface area contributed by atoms with Gasteiger partial charge in [-0.25, -0.2) is 4.79 Å². The molecule has 0 unspecified atom stereocenters. The molecule has 0 aliphatic heterocycles. The van der Waals surface area contributed by atoms with Crippen molar-refractivity contribution >= 4 is 21.9 Å². The Hall–Kier alpha value is -2.02. The van der Waals surface area contributed by atoms with Crippen LogP contribution in [-0.4, -0.2) is 30.5 Å². The number of halogens is 1. The average Bonchev–Trinajstić information content (AvgIpc) is 2.87. The molecule has 0 spiro atoms. The maximum atomic E-state index is 10.9. The van der Waals surface area contributed by atoms with Gasteiger partial charge in [-0.2, -0.15) is 0 Å². The minimum atomic E-state index is -1.16. The third-order valence-electron chi connectivity index (χ3n) is 2.77. The molecule has 0 aliphatic rings. The smallest absolute Gasteiger partial charge is 0.358 e. The molecule has 20 heavy (non-hydrogen) atoms. The number of aromatic nitrogens is 1.